The van der Waals surface area contributed by atoms with Gasteiger partial charge in [0.15, 0.2) is 0 Å². The zero-order valence-electron chi connectivity index (χ0n) is 11.1. The van der Waals surface area contributed by atoms with Crippen LogP contribution >= 0.6 is 0 Å². The highest BCUT2D eigenvalue weighted by atomic mass is 16.2. The molecule has 3 fully saturated rings. The van der Waals surface area contributed by atoms with E-state index in [2.05, 4.69) is 0 Å². The first kappa shape index (κ1) is 12.0. The van der Waals surface area contributed by atoms with Crippen molar-refractivity contribution >= 4 is 11.8 Å². The largest absolute Gasteiger partial charge is 0.342 e. The van der Waals surface area contributed by atoms with Gasteiger partial charge in [0.1, 0.15) is 0 Å². The van der Waals surface area contributed by atoms with Crippen LogP contribution < -0.4 is 0 Å². The van der Waals surface area contributed by atoms with Gasteiger partial charge in [-0.05, 0) is 25.7 Å². The molecule has 100 valence electrons. The predicted octanol–water partition coefficient (Wildman–Crippen LogP) is 1.40. The molecule has 1 unspecified atom stereocenters. The van der Waals surface area contributed by atoms with Crippen molar-refractivity contribution in [3.63, 3.8) is 0 Å². The lowest BCUT2D eigenvalue weighted by molar-refractivity contribution is -0.136. The van der Waals surface area contributed by atoms with Crippen LogP contribution in [0.5, 0.6) is 0 Å². The summed E-state index contributed by atoms with van der Waals surface area (Å²) < 4.78 is 0. The standard InChI is InChI=1S/C14H22N2O2/c1-15(11-4-2-3-5-11)14(18)10-8-13(17)16(9-10)12-6-7-12/h10-12H,2-9H2,1H3. The van der Waals surface area contributed by atoms with E-state index in [1.54, 1.807) is 0 Å². The summed E-state index contributed by atoms with van der Waals surface area (Å²) in [4.78, 5) is 28.1. The maximum absolute atomic E-state index is 12.4. The van der Waals surface area contributed by atoms with E-state index in [0.29, 0.717) is 25.0 Å². The van der Waals surface area contributed by atoms with Gasteiger partial charge in [-0.3, -0.25) is 9.59 Å². The Morgan fingerprint density at radius 3 is 2.50 bits per heavy atom. The Morgan fingerprint density at radius 2 is 1.89 bits per heavy atom. The number of hydrogen-bond acceptors (Lipinski definition) is 2. The second-order valence-corrected chi connectivity index (χ2v) is 6.07. The van der Waals surface area contributed by atoms with E-state index >= 15 is 0 Å². The molecule has 0 aromatic heterocycles. The highest BCUT2D eigenvalue weighted by molar-refractivity contribution is 5.89. The first-order valence-corrected chi connectivity index (χ1v) is 7.23. The molecule has 0 spiro atoms. The maximum atomic E-state index is 12.4. The van der Waals surface area contributed by atoms with Crippen LogP contribution in [0.2, 0.25) is 0 Å². The summed E-state index contributed by atoms with van der Waals surface area (Å²) in [6.45, 7) is 0.666. The second-order valence-electron chi connectivity index (χ2n) is 6.07. The average Bonchev–Trinajstić information content (AvgIpc) is 2.91. The Morgan fingerprint density at radius 1 is 1.22 bits per heavy atom. The fourth-order valence-electron chi connectivity index (χ4n) is 3.40. The average molecular weight is 250 g/mol. The number of amides is 2. The van der Waals surface area contributed by atoms with Gasteiger partial charge in [-0.1, -0.05) is 12.8 Å². The zero-order valence-corrected chi connectivity index (χ0v) is 11.1. The first-order valence-electron chi connectivity index (χ1n) is 7.23. The summed E-state index contributed by atoms with van der Waals surface area (Å²) >= 11 is 0. The van der Waals surface area contributed by atoms with Crippen molar-refractivity contribution in [1.82, 2.24) is 9.80 Å². The van der Waals surface area contributed by atoms with E-state index in [1.165, 1.54) is 12.8 Å². The normalized spacial score (nSPS) is 29.1. The number of carbonyl (C=O) groups excluding carboxylic acids is 2. The molecule has 4 nitrogen and oxygen atoms in total. The molecule has 0 bridgehead atoms. The van der Waals surface area contributed by atoms with Crippen molar-refractivity contribution < 1.29 is 9.59 Å². The Hall–Kier alpha value is -1.06. The molecule has 1 atom stereocenters. The van der Waals surface area contributed by atoms with Gasteiger partial charge < -0.3 is 9.80 Å². The lowest BCUT2D eigenvalue weighted by atomic mass is 10.1. The van der Waals surface area contributed by atoms with Crippen molar-refractivity contribution in [3.05, 3.63) is 0 Å². The topological polar surface area (TPSA) is 40.6 Å². The summed E-state index contributed by atoms with van der Waals surface area (Å²) in [6, 6.07) is 0.870. The van der Waals surface area contributed by atoms with Crippen LogP contribution in [-0.2, 0) is 9.59 Å². The van der Waals surface area contributed by atoms with Gasteiger partial charge >= 0.3 is 0 Å². The molecule has 1 saturated heterocycles. The number of hydrogen-bond donors (Lipinski definition) is 0. The highest BCUT2D eigenvalue weighted by Crippen LogP contribution is 2.33. The van der Waals surface area contributed by atoms with Gasteiger partial charge in [-0.25, -0.2) is 0 Å². The Labute approximate surface area is 108 Å². The Kier molecular flexibility index (Phi) is 3.04. The van der Waals surface area contributed by atoms with Gasteiger partial charge in [0.25, 0.3) is 0 Å². The molecule has 4 heteroatoms. The van der Waals surface area contributed by atoms with Crippen molar-refractivity contribution in [3.8, 4) is 0 Å². The van der Waals surface area contributed by atoms with Crippen LogP contribution in [0.1, 0.15) is 44.9 Å². The number of nitrogens with zero attached hydrogens (tertiary/aromatic N) is 2. The highest BCUT2D eigenvalue weighted by Gasteiger charge is 2.43. The summed E-state index contributed by atoms with van der Waals surface area (Å²) in [5.74, 6) is 0.303. The zero-order chi connectivity index (χ0) is 12.7. The van der Waals surface area contributed by atoms with E-state index in [4.69, 9.17) is 0 Å². The SMILES string of the molecule is CN(C(=O)C1CC(=O)N(C2CC2)C1)C1CCCC1. The number of rotatable bonds is 3. The molecule has 3 rings (SSSR count). The molecular weight excluding hydrogens is 228 g/mol. The third-order valence-electron chi connectivity index (χ3n) is 4.72. The van der Waals surface area contributed by atoms with Crippen LogP contribution in [-0.4, -0.2) is 47.3 Å². The predicted molar refractivity (Wildman–Crippen MR) is 67.9 cm³/mol. The fourth-order valence-corrected chi connectivity index (χ4v) is 3.40. The quantitative estimate of drug-likeness (QED) is 0.759. The molecular formula is C14H22N2O2. The van der Waals surface area contributed by atoms with Crippen LogP contribution in [0.15, 0.2) is 0 Å². The molecule has 2 amide bonds. The minimum Gasteiger partial charge on any atom is -0.342 e. The second kappa shape index (κ2) is 4.56. The van der Waals surface area contributed by atoms with Crippen molar-refractivity contribution in [2.24, 2.45) is 5.92 Å². The smallest absolute Gasteiger partial charge is 0.227 e. The lowest BCUT2D eigenvalue weighted by Crippen LogP contribution is -2.40. The number of carbonyl (C=O) groups is 2. The molecule has 0 aromatic rings. The molecule has 1 aliphatic heterocycles. The molecule has 3 aliphatic rings. The molecule has 0 N–H and O–H groups in total. The monoisotopic (exact) mass is 250 g/mol. The van der Waals surface area contributed by atoms with E-state index in [9.17, 15) is 9.59 Å². The third-order valence-corrected chi connectivity index (χ3v) is 4.72. The Bertz CT molecular complexity index is 359. The number of likely N-dealkylation sites (tertiary alicyclic amines) is 1. The van der Waals surface area contributed by atoms with E-state index in [0.717, 1.165) is 25.7 Å². The first-order chi connectivity index (χ1) is 8.66. The molecule has 2 saturated carbocycles. The van der Waals surface area contributed by atoms with Crippen LogP contribution in [0, 0.1) is 5.92 Å². The van der Waals surface area contributed by atoms with Gasteiger partial charge in [0, 0.05) is 32.1 Å². The Balaban J connectivity index is 1.60. The summed E-state index contributed by atoms with van der Waals surface area (Å²) in [7, 11) is 1.92. The van der Waals surface area contributed by atoms with Gasteiger partial charge in [0.2, 0.25) is 11.8 Å². The van der Waals surface area contributed by atoms with Crippen molar-refractivity contribution in [2.45, 2.75) is 57.0 Å². The fraction of sp³-hybridized carbons (Fsp3) is 0.857. The maximum Gasteiger partial charge on any atom is 0.227 e. The van der Waals surface area contributed by atoms with E-state index in [-0.39, 0.29) is 17.7 Å². The minimum atomic E-state index is -0.0799. The van der Waals surface area contributed by atoms with Crippen LogP contribution in [0.3, 0.4) is 0 Å². The van der Waals surface area contributed by atoms with Crippen LogP contribution in [0.4, 0.5) is 0 Å². The molecule has 2 aliphatic carbocycles. The molecule has 0 aromatic carbocycles. The summed E-state index contributed by atoms with van der Waals surface area (Å²) in [5, 5.41) is 0. The van der Waals surface area contributed by atoms with Crippen molar-refractivity contribution in [2.75, 3.05) is 13.6 Å². The van der Waals surface area contributed by atoms with Gasteiger partial charge in [-0.2, -0.15) is 0 Å². The molecule has 18 heavy (non-hydrogen) atoms. The summed E-state index contributed by atoms with van der Waals surface area (Å²) in [6.07, 6.45) is 7.44. The third kappa shape index (κ3) is 2.13. The lowest BCUT2D eigenvalue weighted by Gasteiger charge is -2.27. The van der Waals surface area contributed by atoms with Crippen molar-refractivity contribution in [1.29, 1.82) is 0 Å². The molecule has 1 heterocycles. The molecule has 0 radical (unpaired) electrons. The van der Waals surface area contributed by atoms with Gasteiger partial charge in [0.05, 0.1) is 5.92 Å². The van der Waals surface area contributed by atoms with Gasteiger partial charge in [-0.15, -0.1) is 0 Å². The van der Waals surface area contributed by atoms with Crippen LogP contribution in [0.25, 0.3) is 0 Å². The minimum absolute atomic E-state index is 0.0799. The van der Waals surface area contributed by atoms with E-state index in [1.807, 2.05) is 16.8 Å². The van der Waals surface area contributed by atoms with E-state index < -0.39 is 0 Å². The summed E-state index contributed by atoms with van der Waals surface area (Å²) in [5.41, 5.74) is 0.